The Morgan fingerprint density at radius 3 is 2.32 bits per heavy atom. The Labute approximate surface area is 223 Å². The Bertz CT molecular complexity index is 1300. The molecule has 1 atom stereocenters. The van der Waals surface area contributed by atoms with Gasteiger partial charge in [-0.2, -0.15) is 0 Å². The van der Waals surface area contributed by atoms with Gasteiger partial charge < -0.3 is 20.7 Å². The molecule has 2 fully saturated rings. The van der Waals surface area contributed by atoms with Crippen LogP contribution < -0.4 is 16.0 Å². The van der Waals surface area contributed by atoms with Gasteiger partial charge in [0.2, 0.25) is 0 Å². The summed E-state index contributed by atoms with van der Waals surface area (Å²) in [6, 6.07) is 20.4. The van der Waals surface area contributed by atoms with Crippen LogP contribution in [-0.2, 0) is 4.74 Å². The number of nitrogen functional groups attached to an aromatic ring is 1. The lowest BCUT2D eigenvalue weighted by Crippen LogP contribution is -2.54. The third kappa shape index (κ3) is 5.22. The van der Waals surface area contributed by atoms with Crippen molar-refractivity contribution < 1.29 is 9.53 Å². The fraction of sp³-hybridized carbons (Fsp3) is 0.333. The lowest BCUT2D eigenvalue weighted by Gasteiger charge is -2.47. The number of carbonyl (C=O) groups is 1. The van der Waals surface area contributed by atoms with Crippen molar-refractivity contribution in [2.24, 2.45) is 17.8 Å². The molecule has 1 amide bonds. The molecule has 4 N–H and O–H groups in total. The number of carbonyl (C=O) groups excluding carboxylic acids is 1. The number of nitrogens with zero attached hydrogens (tertiary/aromatic N) is 1. The van der Waals surface area contributed by atoms with Gasteiger partial charge in [-0.25, -0.2) is 0 Å². The molecule has 0 bridgehead atoms. The molecule has 3 aromatic rings. The molecule has 0 unspecified atom stereocenters. The number of amides is 1. The van der Waals surface area contributed by atoms with Gasteiger partial charge in [-0.15, -0.1) is 0 Å². The van der Waals surface area contributed by atoms with E-state index in [0.717, 1.165) is 43.1 Å². The average Bonchev–Trinajstić information content (AvgIpc) is 2.83. The molecular formula is C30H33ClN4O2. The minimum Gasteiger partial charge on any atom is -0.398 e. The number of hydrogen-bond acceptors (Lipinski definition) is 5. The number of benzene rings is 3. The number of halogens is 1. The number of nitrogens with two attached hydrogens (primary N) is 1. The summed E-state index contributed by atoms with van der Waals surface area (Å²) >= 11 is 6.42. The van der Waals surface area contributed by atoms with E-state index in [1.165, 1.54) is 0 Å². The van der Waals surface area contributed by atoms with E-state index in [9.17, 15) is 4.79 Å². The molecular weight excluding hydrogens is 484 g/mol. The maximum Gasteiger partial charge on any atom is 0.251 e. The molecule has 2 aliphatic heterocycles. The summed E-state index contributed by atoms with van der Waals surface area (Å²) in [7, 11) is 0. The first kappa shape index (κ1) is 25.3. The standard InChI is InChI=1S/C30H33ClN4O2/c1-18(2)29(24-5-3-4-6-26(24)31)34-30(36)20-9-12-27(32)25(13-20)28(33)19-7-10-23(11-8-19)35-14-21(15-35)22-16-37-17-22/h3-13,18,21-22,29,33H,14-17,32H2,1-2H3,(H,34,36)/t29-/m0/s1. The number of anilines is 2. The van der Waals surface area contributed by atoms with Gasteiger partial charge in [0, 0.05) is 58.0 Å². The second-order valence-corrected chi connectivity index (χ2v) is 10.8. The van der Waals surface area contributed by atoms with Crippen molar-refractivity contribution in [3.63, 3.8) is 0 Å². The van der Waals surface area contributed by atoms with E-state index in [4.69, 9.17) is 27.5 Å². The Kier molecular flexibility index (Phi) is 7.22. The molecule has 0 radical (unpaired) electrons. The van der Waals surface area contributed by atoms with E-state index in [2.05, 4.69) is 22.3 Å². The molecule has 2 saturated heterocycles. The SMILES string of the molecule is CC(C)[C@H](NC(=O)c1ccc(N)c(C(=N)c2ccc(N3CC(C4COC4)C3)cc2)c1)c1ccccc1Cl. The number of ether oxygens (including phenoxy) is 1. The van der Waals surface area contributed by atoms with Crippen LogP contribution in [0, 0.1) is 23.2 Å². The Morgan fingerprint density at radius 1 is 1.03 bits per heavy atom. The van der Waals surface area contributed by atoms with Crippen molar-refractivity contribution in [3.05, 3.63) is 94.0 Å². The van der Waals surface area contributed by atoms with Crippen molar-refractivity contribution in [2.45, 2.75) is 19.9 Å². The lowest BCUT2D eigenvalue weighted by molar-refractivity contribution is -0.0659. The highest BCUT2D eigenvalue weighted by Gasteiger charge is 2.37. The second kappa shape index (κ2) is 10.6. The van der Waals surface area contributed by atoms with E-state index < -0.39 is 0 Å². The van der Waals surface area contributed by atoms with Crippen LogP contribution in [0.25, 0.3) is 0 Å². The van der Waals surface area contributed by atoms with Crippen LogP contribution in [0.4, 0.5) is 11.4 Å². The van der Waals surface area contributed by atoms with Crippen molar-refractivity contribution in [2.75, 3.05) is 36.9 Å². The van der Waals surface area contributed by atoms with Gasteiger partial charge in [-0.05, 0) is 47.9 Å². The molecule has 2 heterocycles. The lowest BCUT2D eigenvalue weighted by atomic mass is 9.84. The van der Waals surface area contributed by atoms with Crippen molar-refractivity contribution in [3.8, 4) is 0 Å². The molecule has 3 aromatic carbocycles. The predicted octanol–water partition coefficient (Wildman–Crippen LogP) is 5.55. The minimum atomic E-state index is -0.243. The van der Waals surface area contributed by atoms with Gasteiger partial charge in [0.25, 0.3) is 5.91 Å². The van der Waals surface area contributed by atoms with Gasteiger partial charge in [0.15, 0.2) is 0 Å². The number of nitrogens with one attached hydrogen (secondary N) is 2. The van der Waals surface area contributed by atoms with E-state index in [1.54, 1.807) is 18.2 Å². The fourth-order valence-corrected chi connectivity index (χ4v) is 5.26. The van der Waals surface area contributed by atoms with Crippen LogP contribution in [0.1, 0.15) is 46.9 Å². The molecule has 37 heavy (non-hydrogen) atoms. The normalized spacial score (nSPS) is 16.7. The first-order valence-corrected chi connectivity index (χ1v) is 13.2. The van der Waals surface area contributed by atoms with Crippen LogP contribution in [0.5, 0.6) is 0 Å². The van der Waals surface area contributed by atoms with Crippen molar-refractivity contribution in [1.29, 1.82) is 5.41 Å². The summed E-state index contributed by atoms with van der Waals surface area (Å²) in [6.45, 7) is 7.99. The summed E-state index contributed by atoms with van der Waals surface area (Å²) in [6.07, 6.45) is 0. The molecule has 7 heteroatoms. The second-order valence-electron chi connectivity index (χ2n) is 10.4. The molecule has 192 valence electrons. The molecule has 0 aliphatic carbocycles. The van der Waals surface area contributed by atoms with Gasteiger partial charge >= 0.3 is 0 Å². The van der Waals surface area contributed by atoms with Gasteiger partial charge in [-0.1, -0.05) is 55.8 Å². The van der Waals surface area contributed by atoms with Crippen LogP contribution in [0.15, 0.2) is 66.7 Å². The van der Waals surface area contributed by atoms with Crippen LogP contribution in [-0.4, -0.2) is 37.9 Å². The maximum absolute atomic E-state index is 13.2. The highest BCUT2D eigenvalue weighted by molar-refractivity contribution is 6.31. The zero-order valence-electron chi connectivity index (χ0n) is 21.2. The van der Waals surface area contributed by atoms with Crippen molar-refractivity contribution >= 4 is 34.6 Å². The Morgan fingerprint density at radius 2 is 1.70 bits per heavy atom. The topological polar surface area (TPSA) is 91.4 Å². The van der Waals surface area contributed by atoms with Crippen molar-refractivity contribution in [1.82, 2.24) is 5.32 Å². The van der Waals surface area contributed by atoms with Gasteiger partial charge in [0.1, 0.15) is 0 Å². The maximum atomic E-state index is 13.2. The quantitative estimate of drug-likeness (QED) is 0.270. The summed E-state index contributed by atoms with van der Waals surface area (Å²) < 4.78 is 5.32. The van der Waals surface area contributed by atoms with E-state index in [-0.39, 0.29) is 17.9 Å². The number of hydrogen-bond donors (Lipinski definition) is 3. The zero-order chi connectivity index (χ0) is 26.1. The Balaban J connectivity index is 1.29. The van der Waals surface area contributed by atoms with Gasteiger partial charge in [-0.3, -0.25) is 10.2 Å². The van der Waals surface area contributed by atoms with Crippen LogP contribution in [0.2, 0.25) is 5.02 Å². The molecule has 5 rings (SSSR count). The summed E-state index contributed by atoms with van der Waals surface area (Å²) in [5, 5.41) is 12.6. The summed E-state index contributed by atoms with van der Waals surface area (Å²) in [4.78, 5) is 15.6. The van der Waals surface area contributed by atoms with E-state index >= 15 is 0 Å². The molecule has 6 nitrogen and oxygen atoms in total. The number of rotatable bonds is 8. The van der Waals surface area contributed by atoms with E-state index in [0.29, 0.717) is 39.4 Å². The molecule has 0 spiro atoms. The van der Waals surface area contributed by atoms with Gasteiger partial charge in [0.05, 0.1) is 25.0 Å². The molecule has 0 aromatic heterocycles. The fourth-order valence-electron chi connectivity index (χ4n) is 5.01. The molecule has 2 aliphatic rings. The first-order valence-electron chi connectivity index (χ1n) is 12.8. The minimum absolute atomic E-state index is 0.137. The van der Waals surface area contributed by atoms with Crippen LogP contribution >= 0.6 is 11.6 Å². The monoisotopic (exact) mass is 516 g/mol. The third-order valence-electron chi connectivity index (χ3n) is 7.54. The Hall–Kier alpha value is -3.35. The molecule has 0 saturated carbocycles. The van der Waals surface area contributed by atoms with Crippen LogP contribution in [0.3, 0.4) is 0 Å². The largest absolute Gasteiger partial charge is 0.398 e. The average molecular weight is 517 g/mol. The summed E-state index contributed by atoms with van der Waals surface area (Å²) in [5.74, 6) is 1.33. The third-order valence-corrected chi connectivity index (χ3v) is 7.88. The summed E-state index contributed by atoms with van der Waals surface area (Å²) in [5.41, 5.74) is 10.8. The zero-order valence-corrected chi connectivity index (χ0v) is 22.0. The first-order chi connectivity index (χ1) is 17.8. The highest BCUT2D eigenvalue weighted by atomic mass is 35.5. The highest BCUT2D eigenvalue weighted by Crippen LogP contribution is 2.33. The predicted molar refractivity (Wildman–Crippen MR) is 150 cm³/mol. The van der Waals surface area contributed by atoms with E-state index in [1.807, 2.05) is 50.2 Å². The smallest absolute Gasteiger partial charge is 0.251 e.